The van der Waals surface area contributed by atoms with Crippen LogP contribution < -0.4 is 0 Å². The quantitative estimate of drug-likeness (QED) is 0.587. The minimum atomic E-state index is -0.0706. The molecule has 70 valence electrons. The van der Waals surface area contributed by atoms with Gasteiger partial charge in [0.05, 0.1) is 6.10 Å². The molecule has 0 aromatic carbocycles. The highest BCUT2D eigenvalue weighted by molar-refractivity contribution is 5.00. The Bertz CT molecular complexity index is 165. The number of fused-ring (bicyclic) bond motifs is 2. The lowest BCUT2D eigenvalue weighted by Crippen LogP contribution is -2.52. The lowest BCUT2D eigenvalue weighted by Gasteiger charge is -2.43. The molecule has 2 nitrogen and oxygen atoms in total. The van der Waals surface area contributed by atoms with E-state index in [9.17, 15) is 5.11 Å². The summed E-state index contributed by atoms with van der Waals surface area (Å²) in [6.07, 6.45) is 2.49. The van der Waals surface area contributed by atoms with Crippen LogP contribution in [0.3, 0.4) is 0 Å². The molecule has 0 spiro atoms. The van der Waals surface area contributed by atoms with Gasteiger partial charge in [-0.15, -0.1) is 0 Å². The summed E-state index contributed by atoms with van der Waals surface area (Å²) in [6, 6.07) is 1.28. The minimum Gasteiger partial charge on any atom is -0.392 e. The summed E-state index contributed by atoms with van der Waals surface area (Å²) in [5.74, 6) is 0.924. The molecule has 1 N–H and O–H groups in total. The average Bonchev–Trinajstić information content (AvgIpc) is 2.38. The number of rotatable bonds is 0. The van der Waals surface area contributed by atoms with Crippen LogP contribution in [-0.2, 0) is 0 Å². The fourth-order valence-corrected chi connectivity index (χ4v) is 3.20. The molecule has 0 amide bonds. The van der Waals surface area contributed by atoms with Crippen molar-refractivity contribution in [2.75, 3.05) is 7.05 Å². The molecule has 0 aliphatic carbocycles. The van der Waals surface area contributed by atoms with E-state index in [0.29, 0.717) is 23.9 Å². The van der Waals surface area contributed by atoms with Gasteiger partial charge in [-0.1, -0.05) is 13.8 Å². The van der Waals surface area contributed by atoms with Crippen molar-refractivity contribution in [3.8, 4) is 0 Å². The lowest BCUT2D eigenvalue weighted by molar-refractivity contribution is -0.0415. The number of nitrogens with zero attached hydrogens (tertiary/aromatic N) is 1. The predicted molar refractivity (Wildman–Crippen MR) is 48.9 cm³/mol. The molecule has 4 unspecified atom stereocenters. The van der Waals surface area contributed by atoms with Gasteiger partial charge in [-0.25, -0.2) is 0 Å². The van der Waals surface area contributed by atoms with Crippen LogP contribution in [-0.4, -0.2) is 35.2 Å². The lowest BCUT2D eigenvalue weighted by atomic mass is 9.82. The van der Waals surface area contributed by atoms with Gasteiger partial charge in [0.15, 0.2) is 0 Å². The normalized spacial score (nSPS) is 54.5. The van der Waals surface area contributed by atoms with E-state index >= 15 is 0 Å². The van der Waals surface area contributed by atoms with Crippen molar-refractivity contribution >= 4 is 0 Å². The third-order valence-electron chi connectivity index (χ3n) is 4.10. The second-order valence-corrected chi connectivity index (χ2v) is 4.59. The summed E-state index contributed by atoms with van der Waals surface area (Å²) in [4.78, 5) is 2.47. The molecular formula is C10H19NO. The molecule has 2 fully saturated rings. The van der Waals surface area contributed by atoms with E-state index in [1.54, 1.807) is 0 Å². The van der Waals surface area contributed by atoms with Gasteiger partial charge >= 0.3 is 0 Å². The zero-order chi connectivity index (χ0) is 8.88. The van der Waals surface area contributed by atoms with Crippen LogP contribution in [0.2, 0.25) is 0 Å². The maximum Gasteiger partial charge on any atom is 0.0621 e. The van der Waals surface area contributed by atoms with Crippen LogP contribution in [0.25, 0.3) is 0 Å². The van der Waals surface area contributed by atoms with Gasteiger partial charge in [0.1, 0.15) is 0 Å². The van der Waals surface area contributed by atoms with Crippen molar-refractivity contribution in [2.24, 2.45) is 11.8 Å². The largest absolute Gasteiger partial charge is 0.392 e. The van der Waals surface area contributed by atoms with E-state index in [-0.39, 0.29) is 6.10 Å². The highest BCUT2D eigenvalue weighted by atomic mass is 16.3. The topological polar surface area (TPSA) is 23.5 Å². The van der Waals surface area contributed by atoms with Crippen molar-refractivity contribution in [1.29, 1.82) is 0 Å². The highest BCUT2D eigenvalue weighted by Crippen LogP contribution is 2.40. The predicted octanol–water partition coefficient (Wildman–Crippen LogP) is 1.10. The first-order chi connectivity index (χ1) is 5.63. The van der Waals surface area contributed by atoms with E-state index in [0.717, 1.165) is 0 Å². The molecule has 4 atom stereocenters. The van der Waals surface area contributed by atoms with Gasteiger partial charge < -0.3 is 5.11 Å². The van der Waals surface area contributed by atoms with Gasteiger partial charge in [-0.3, -0.25) is 4.90 Å². The molecule has 2 heterocycles. The second-order valence-electron chi connectivity index (χ2n) is 4.59. The molecule has 0 aromatic rings. The first-order valence-electron chi connectivity index (χ1n) is 5.03. The van der Waals surface area contributed by atoms with Crippen LogP contribution in [0.1, 0.15) is 26.7 Å². The van der Waals surface area contributed by atoms with Crippen LogP contribution in [0, 0.1) is 11.8 Å². The first kappa shape index (κ1) is 8.52. The van der Waals surface area contributed by atoms with Gasteiger partial charge in [0.25, 0.3) is 0 Å². The Balaban J connectivity index is 2.23. The SMILES string of the molecule is CC1C(O)C(C)C2CCC1N2C. The van der Waals surface area contributed by atoms with E-state index in [1.807, 2.05) is 0 Å². The molecule has 0 saturated carbocycles. The smallest absolute Gasteiger partial charge is 0.0621 e. The van der Waals surface area contributed by atoms with Crippen molar-refractivity contribution in [2.45, 2.75) is 44.9 Å². The summed E-state index contributed by atoms with van der Waals surface area (Å²) in [5.41, 5.74) is 0. The maximum atomic E-state index is 9.92. The summed E-state index contributed by atoms with van der Waals surface area (Å²) >= 11 is 0. The zero-order valence-electron chi connectivity index (χ0n) is 8.20. The molecule has 0 radical (unpaired) electrons. The Morgan fingerprint density at radius 3 is 1.92 bits per heavy atom. The van der Waals surface area contributed by atoms with Crippen molar-refractivity contribution in [1.82, 2.24) is 4.90 Å². The Morgan fingerprint density at radius 2 is 1.50 bits per heavy atom. The Labute approximate surface area is 74.6 Å². The molecule has 12 heavy (non-hydrogen) atoms. The fourth-order valence-electron chi connectivity index (χ4n) is 3.20. The third-order valence-corrected chi connectivity index (χ3v) is 4.10. The standard InChI is InChI=1S/C10H19NO/c1-6-8-4-5-9(11(8)3)7(2)10(6)12/h6-10,12H,4-5H2,1-3H3. The van der Waals surface area contributed by atoms with Crippen molar-refractivity contribution in [3.05, 3.63) is 0 Å². The summed E-state index contributed by atoms with van der Waals surface area (Å²) in [7, 11) is 2.21. The van der Waals surface area contributed by atoms with E-state index in [2.05, 4.69) is 25.8 Å². The van der Waals surface area contributed by atoms with Crippen molar-refractivity contribution in [3.63, 3.8) is 0 Å². The minimum absolute atomic E-state index is 0.0706. The van der Waals surface area contributed by atoms with E-state index in [1.165, 1.54) is 12.8 Å². The average molecular weight is 169 g/mol. The molecule has 2 aliphatic heterocycles. The van der Waals surface area contributed by atoms with Gasteiger partial charge in [0, 0.05) is 12.1 Å². The fraction of sp³-hybridized carbons (Fsp3) is 1.00. The third kappa shape index (κ3) is 0.944. The van der Waals surface area contributed by atoms with E-state index < -0.39 is 0 Å². The summed E-state index contributed by atoms with van der Waals surface area (Å²) in [6.45, 7) is 4.37. The van der Waals surface area contributed by atoms with Gasteiger partial charge in [-0.05, 0) is 31.7 Å². The zero-order valence-corrected chi connectivity index (χ0v) is 8.20. The maximum absolute atomic E-state index is 9.92. The van der Waals surface area contributed by atoms with Crippen LogP contribution in [0.5, 0.6) is 0 Å². The molecule has 2 aliphatic rings. The second kappa shape index (κ2) is 2.71. The molecule has 0 aromatic heterocycles. The molecule has 2 bridgehead atoms. The summed E-state index contributed by atoms with van der Waals surface area (Å²) < 4.78 is 0. The number of aliphatic hydroxyl groups is 1. The number of aliphatic hydroxyl groups excluding tert-OH is 1. The Hall–Kier alpha value is -0.0800. The van der Waals surface area contributed by atoms with Crippen LogP contribution in [0.15, 0.2) is 0 Å². The van der Waals surface area contributed by atoms with Crippen LogP contribution in [0.4, 0.5) is 0 Å². The van der Waals surface area contributed by atoms with Crippen LogP contribution >= 0.6 is 0 Å². The first-order valence-corrected chi connectivity index (χ1v) is 5.03. The van der Waals surface area contributed by atoms with E-state index in [4.69, 9.17) is 0 Å². The Morgan fingerprint density at radius 1 is 1.08 bits per heavy atom. The summed E-state index contributed by atoms with van der Waals surface area (Å²) in [5, 5.41) is 9.92. The van der Waals surface area contributed by atoms with Gasteiger partial charge in [-0.2, -0.15) is 0 Å². The molecule has 2 rings (SSSR count). The monoisotopic (exact) mass is 169 g/mol. The number of piperidine rings is 1. The molecular weight excluding hydrogens is 150 g/mol. The molecule has 2 saturated heterocycles. The molecule has 2 heteroatoms. The number of hydrogen-bond acceptors (Lipinski definition) is 2. The Kier molecular flexibility index (Phi) is 1.92. The van der Waals surface area contributed by atoms with Gasteiger partial charge in [0.2, 0.25) is 0 Å². The van der Waals surface area contributed by atoms with Crippen molar-refractivity contribution < 1.29 is 5.11 Å². The highest BCUT2D eigenvalue weighted by Gasteiger charge is 2.46. The number of hydrogen-bond donors (Lipinski definition) is 1.